The second-order valence-corrected chi connectivity index (χ2v) is 10.3. The first-order chi connectivity index (χ1) is 16.7. The van der Waals surface area contributed by atoms with Gasteiger partial charge in [-0.1, -0.05) is 62.9 Å². The van der Waals surface area contributed by atoms with Crippen LogP contribution in [0, 0.1) is 23.7 Å². The molecule has 35 heavy (non-hydrogen) atoms. The van der Waals surface area contributed by atoms with Crippen molar-refractivity contribution in [1.29, 1.82) is 0 Å². The largest absolute Gasteiger partial charge is 0.445 e. The van der Waals surface area contributed by atoms with E-state index in [-0.39, 0.29) is 17.7 Å². The van der Waals surface area contributed by atoms with Gasteiger partial charge in [-0.15, -0.1) is 0 Å². The summed E-state index contributed by atoms with van der Waals surface area (Å²) >= 11 is 0. The highest BCUT2D eigenvalue weighted by atomic mass is 16.6. The smallest absolute Gasteiger partial charge is 0.331 e. The monoisotopic (exact) mass is 477 g/mol. The summed E-state index contributed by atoms with van der Waals surface area (Å²) in [5, 5.41) is 14.4. The summed E-state index contributed by atoms with van der Waals surface area (Å²) in [5.41, 5.74) is 0.0801. The van der Waals surface area contributed by atoms with Gasteiger partial charge >= 0.3 is 5.97 Å². The third-order valence-corrected chi connectivity index (χ3v) is 7.91. The van der Waals surface area contributed by atoms with E-state index < -0.39 is 35.4 Å². The predicted molar refractivity (Wildman–Crippen MR) is 133 cm³/mol. The maximum Gasteiger partial charge on any atom is 0.331 e. The first-order valence-corrected chi connectivity index (χ1v) is 12.6. The third kappa shape index (κ3) is 4.90. The van der Waals surface area contributed by atoms with Gasteiger partial charge in [0.2, 0.25) is 5.60 Å². The summed E-state index contributed by atoms with van der Waals surface area (Å²) in [6.07, 6.45) is 8.39. The van der Waals surface area contributed by atoms with E-state index in [9.17, 15) is 19.5 Å². The molecular formula is C29H35NO5. The highest BCUT2D eigenvalue weighted by Crippen LogP contribution is 2.52. The third-order valence-electron chi connectivity index (χ3n) is 7.91. The maximum atomic E-state index is 13.7. The standard InChI is InChI=1S/C29H35NO5/c1-18-9-7-13-22(31)15-16-25(32)35-29-23(14-8-10-18)27(33)20(3)19(2)26(29)24(30-28(29)34)17-21-11-5-4-6-12-21/h4-6,8,11-12,14-16,18-19,23-24,26-27,33H,3,7,9-10,13,17H2,1-2H3,(H,30,34)/b14-8-,16-15-/t18-,19-,23+,24-,26+,27+,29+/m1/s1. The average Bonchev–Trinajstić information content (AvgIpc) is 3.09. The number of ether oxygens (including phenoxy) is 1. The molecule has 186 valence electrons. The molecule has 2 heterocycles. The van der Waals surface area contributed by atoms with Crippen molar-refractivity contribution < 1.29 is 24.2 Å². The van der Waals surface area contributed by atoms with Gasteiger partial charge in [0, 0.05) is 24.5 Å². The van der Waals surface area contributed by atoms with Gasteiger partial charge in [0.05, 0.1) is 12.0 Å². The van der Waals surface area contributed by atoms with Crippen molar-refractivity contribution in [2.24, 2.45) is 23.7 Å². The van der Waals surface area contributed by atoms with Crippen LogP contribution in [0.25, 0.3) is 0 Å². The Morgan fingerprint density at radius 3 is 2.63 bits per heavy atom. The first-order valence-electron chi connectivity index (χ1n) is 12.6. The molecule has 1 amide bonds. The number of esters is 1. The lowest BCUT2D eigenvalue weighted by Gasteiger charge is -2.49. The molecule has 3 aliphatic rings. The Kier molecular flexibility index (Phi) is 7.41. The lowest BCUT2D eigenvalue weighted by atomic mass is 9.59. The molecule has 1 saturated heterocycles. The molecule has 2 N–H and O–H groups in total. The van der Waals surface area contributed by atoms with Gasteiger partial charge in [-0.3, -0.25) is 9.59 Å². The van der Waals surface area contributed by atoms with Gasteiger partial charge in [0.1, 0.15) is 0 Å². The van der Waals surface area contributed by atoms with E-state index in [1.807, 2.05) is 49.4 Å². The number of hydrogen-bond acceptors (Lipinski definition) is 5. The van der Waals surface area contributed by atoms with E-state index in [4.69, 9.17) is 4.74 Å². The van der Waals surface area contributed by atoms with E-state index in [0.717, 1.165) is 30.9 Å². The zero-order chi connectivity index (χ0) is 25.2. The van der Waals surface area contributed by atoms with Crippen molar-refractivity contribution >= 4 is 17.7 Å². The molecule has 6 heteroatoms. The average molecular weight is 478 g/mol. The van der Waals surface area contributed by atoms with Crippen LogP contribution in [0.15, 0.2) is 66.8 Å². The lowest BCUT2D eigenvalue weighted by Crippen LogP contribution is -2.61. The van der Waals surface area contributed by atoms with Gasteiger partial charge in [0.25, 0.3) is 5.91 Å². The van der Waals surface area contributed by atoms with E-state index in [1.54, 1.807) is 0 Å². The number of allylic oxidation sites excluding steroid dienone is 2. The number of aliphatic hydroxyl groups is 1. The van der Waals surface area contributed by atoms with Gasteiger partial charge in [-0.05, 0) is 54.7 Å². The number of carbonyl (C=O) groups is 3. The van der Waals surface area contributed by atoms with Crippen LogP contribution in [0.4, 0.5) is 0 Å². The summed E-state index contributed by atoms with van der Waals surface area (Å²) in [5.74, 6) is -2.46. The SMILES string of the molecule is C=C1[C@@H](C)[C@H]2[C@@H](Cc3ccccc3)NC(=O)[C@@]23OC(=O)/C=C\C(=O)CCC[C@@H](C)C/C=C\[C@H]3[C@H]1O. The number of amides is 1. The molecule has 1 aromatic rings. The van der Waals surface area contributed by atoms with Crippen LogP contribution in [0.5, 0.6) is 0 Å². The number of ketones is 1. The van der Waals surface area contributed by atoms with Crippen LogP contribution in [-0.4, -0.2) is 40.5 Å². The van der Waals surface area contributed by atoms with Crippen LogP contribution >= 0.6 is 0 Å². The number of hydrogen-bond donors (Lipinski definition) is 2. The van der Waals surface area contributed by atoms with E-state index in [0.29, 0.717) is 24.3 Å². The van der Waals surface area contributed by atoms with Crippen LogP contribution in [0.1, 0.15) is 45.1 Å². The summed E-state index contributed by atoms with van der Waals surface area (Å²) < 4.78 is 6.01. The molecule has 2 fully saturated rings. The molecular weight excluding hydrogens is 442 g/mol. The Morgan fingerprint density at radius 2 is 1.89 bits per heavy atom. The van der Waals surface area contributed by atoms with Crippen molar-refractivity contribution in [3.8, 4) is 0 Å². The maximum absolute atomic E-state index is 13.7. The minimum atomic E-state index is -1.60. The number of rotatable bonds is 2. The van der Waals surface area contributed by atoms with Gasteiger partial charge in [0.15, 0.2) is 5.78 Å². The fourth-order valence-electron chi connectivity index (χ4n) is 6.00. The first kappa shape index (κ1) is 25.1. The van der Waals surface area contributed by atoms with Crippen molar-refractivity contribution in [2.75, 3.05) is 0 Å². The van der Waals surface area contributed by atoms with Gasteiger partial charge in [-0.2, -0.15) is 0 Å². The fraction of sp³-hybridized carbons (Fsp3) is 0.483. The second kappa shape index (κ2) is 10.3. The number of carbonyl (C=O) groups excluding carboxylic acids is 3. The van der Waals surface area contributed by atoms with Crippen LogP contribution in [-0.2, 0) is 25.5 Å². The molecule has 1 aromatic carbocycles. The Bertz CT molecular complexity index is 1040. The molecule has 6 nitrogen and oxygen atoms in total. The molecule has 0 radical (unpaired) electrons. The molecule has 2 aliphatic heterocycles. The Hall–Kier alpha value is -2.99. The molecule has 0 bridgehead atoms. The van der Waals surface area contributed by atoms with Crippen LogP contribution in [0.2, 0.25) is 0 Å². The molecule has 7 atom stereocenters. The Morgan fingerprint density at radius 1 is 1.14 bits per heavy atom. The minimum Gasteiger partial charge on any atom is -0.445 e. The summed E-state index contributed by atoms with van der Waals surface area (Å²) in [6.45, 7) is 8.21. The molecule has 0 unspecified atom stereocenters. The summed E-state index contributed by atoms with van der Waals surface area (Å²) in [6, 6.07) is 9.53. The molecule has 1 aliphatic carbocycles. The highest BCUT2D eigenvalue weighted by Gasteiger charge is 2.67. The van der Waals surface area contributed by atoms with Crippen molar-refractivity contribution in [3.05, 3.63) is 72.4 Å². The van der Waals surface area contributed by atoms with Crippen LogP contribution < -0.4 is 5.32 Å². The molecule has 1 saturated carbocycles. The quantitative estimate of drug-likeness (QED) is 0.501. The normalized spacial score (nSPS) is 37.9. The lowest BCUT2D eigenvalue weighted by molar-refractivity contribution is -0.182. The van der Waals surface area contributed by atoms with E-state index in [1.165, 1.54) is 6.08 Å². The Labute approximate surface area is 207 Å². The van der Waals surface area contributed by atoms with E-state index >= 15 is 0 Å². The molecule has 4 rings (SSSR count). The van der Waals surface area contributed by atoms with Crippen molar-refractivity contribution in [3.63, 3.8) is 0 Å². The van der Waals surface area contributed by atoms with Crippen molar-refractivity contribution in [2.45, 2.75) is 63.7 Å². The topological polar surface area (TPSA) is 92.7 Å². The summed E-state index contributed by atoms with van der Waals surface area (Å²) in [7, 11) is 0. The van der Waals surface area contributed by atoms with E-state index in [2.05, 4.69) is 18.8 Å². The zero-order valence-corrected chi connectivity index (χ0v) is 20.5. The van der Waals surface area contributed by atoms with Gasteiger partial charge < -0.3 is 15.2 Å². The minimum absolute atomic E-state index is 0.143. The molecule has 0 aromatic heterocycles. The van der Waals surface area contributed by atoms with Crippen molar-refractivity contribution in [1.82, 2.24) is 5.32 Å². The van der Waals surface area contributed by atoms with Crippen LogP contribution in [0.3, 0.4) is 0 Å². The van der Waals surface area contributed by atoms with Gasteiger partial charge in [-0.25, -0.2) is 4.79 Å². The zero-order valence-electron chi connectivity index (χ0n) is 20.5. The number of aliphatic hydroxyl groups excluding tert-OH is 1. The number of benzene rings is 1. The second-order valence-electron chi connectivity index (χ2n) is 10.3. The number of nitrogens with one attached hydrogen (secondary N) is 1. The summed E-state index contributed by atoms with van der Waals surface area (Å²) in [4.78, 5) is 38.9. The Balaban J connectivity index is 1.79. The molecule has 1 spiro atoms. The fourth-order valence-corrected chi connectivity index (χ4v) is 6.00. The predicted octanol–water partition coefficient (Wildman–Crippen LogP) is 3.70. The highest BCUT2D eigenvalue weighted by molar-refractivity contribution is 5.98.